The van der Waals surface area contributed by atoms with Crippen molar-refractivity contribution in [1.29, 1.82) is 0 Å². The van der Waals surface area contributed by atoms with Gasteiger partial charge >= 0.3 is 0 Å². The van der Waals surface area contributed by atoms with Crippen LogP contribution >= 0.6 is 0 Å². The Morgan fingerprint density at radius 2 is 1.88 bits per heavy atom. The fourth-order valence-corrected chi connectivity index (χ4v) is 3.92. The molecule has 1 aromatic carbocycles. The minimum absolute atomic E-state index is 0.309. The molecule has 1 aromatic rings. The summed E-state index contributed by atoms with van der Waals surface area (Å²) in [7, 11) is -3.42. The predicted octanol–water partition coefficient (Wildman–Crippen LogP) is 2.28. The van der Waals surface area contributed by atoms with Crippen molar-refractivity contribution in [2.75, 3.05) is 0 Å². The normalized spacial score (nSPS) is 21.6. The highest BCUT2D eigenvalue weighted by Crippen LogP contribution is 2.32. The molecule has 0 fully saturated rings. The van der Waals surface area contributed by atoms with Crippen LogP contribution in [0.3, 0.4) is 0 Å². The molecule has 0 amide bonds. The van der Waals surface area contributed by atoms with Gasteiger partial charge in [-0.1, -0.05) is 18.2 Å². The molecule has 0 bridgehead atoms. The summed E-state index contributed by atoms with van der Waals surface area (Å²) in [6, 6.07) is 8.40. The number of hydrogen-bond donors (Lipinski definition) is 1. The fourth-order valence-electron chi connectivity index (χ4n) is 2.14. The highest BCUT2D eigenvalue weighted by atomic mass is 32.2. The molecule has 0 heterocycles. The average Bonchev–Trinajstić information content (AvgIpc) is 2.33. The Labute approximate surface area is 102 Å². The third kappa shape index (κ3) is 2.28. The first kappa shape index (κ1) is 12.3. The molecule has 2 rings (SSSR count). The Morgan fingerprint density at radius 1 is 1.24 bits per heavy atom. The van der Waals surface area contributed by atoms with Crippen LogP contribution in [0.2, 0.25) is 0 Å². The van der Waals surface area contributed by atoms with E-state index in [1.807, 2.05) is 0 Å². The lowest BCUT2D eigenvalue weighted by molar-refractivity contribution is 0.190. The molecule has 1 aliphatic rings. The molecule has 0 aliphatic heterocycles. The number of aliphatic hydroxyl groups excluding tert-OH is 1. The van der Waals surface area contributed by atoms with Gasteiger partial charge in [0.25, 0.3) is 0 Å². The smallest absolute Gasteiger partial charge is 0.202 e. The van der Waals surface area contributed by atoms with Crippen LogP contribution in [0.25, 0.3) is 0 Å². The van der Waals surface area contributed by atoms with Crippen LogP contribution in [-0.4, -0.2) is 19.6 Å². The Hall–Kier alpha value is -1.13. The van der Waals surface area contributed by atoms with E-state index in [4.69, 9.17) is 0 Å². The first-order valence-corrected chi connectivity index (χ1v) is 7.19. The third-order valence-corrected chi connectivity index (χ3v) is 5.27. The zero-order valence-corrected chi connectivity index (χ0v) is 10.6. The largest absolute Gasteiger partial charge is 0.389 e. The van der Waals surface area contributed by atoms with Gasteiger partial charge in [-0.05, 0) is 43.9 Å². The van der Waals surface area contributed by atoms with Gasteiger partial charge < -0.3 is 5.11 Å². The van der Waals surface area contributed by atoms with Gasteiger partial charge in [-0.15, -0.1) is 0 Å². The first-order chi connectivity index (χ1) is 8.03. The highest BCUT2D eigenvalue weighted by Gasteiger charge is 2.28. The molecule has 1 unspecified atom stereocenters. The van der Waals surface area contributed by atoms with E-state index in [9.17, 15) is 13.5 Å². The second kappa shape index (κ2) is 4.63. The molecule has 0 spiro atoms. The molecule has 0 aromatic heterocycles. The van der Waals surface area contributed by atoms with Gasteiger partial charge in [0.2, 0.25) is 9.84 Å². The van der Waals surface area contributed by atoms with Gasteiger partial charge in [0, 0.05) is 0 Å². The van der Waals surface area contributed by atoms with Crippen LogP contribution in [0.15, 0.2) is 45.7 Å². The zero-order chi connectivity index (χ0) is 12.5. The summed E-state index contributed by atoms with van der Waals surface area (Å²) in [6.45, 7) is 1.71. The number of sulfone groups is 1. The molecule has 1 atom stereocenters. The van der Waals surface area contributed by atoms with E-state index in [0.29, 0.717) is 28.2 Å². The van der Waals surface area contributed by atoms with E-state index >= 15 is 0 Å². The van der Waals surface area contributed by atoms with Gasteiger partial charge in [-0.2, -0.15) is 0 Å². The molecule has 0 saturated heterocycles. The Balaban J connectivity index is 2.50. The van der Waals surface area contributed by atoms with Gasteiger partial charge in [0.1, 0.15) is 0 Å². The second-order valence-corrected chi connectivity index (χ2v) is 6.30. The minimum Gasteiger partial charge on any atom is -0.389 e. The maximum atomic E-state index is 12.4. The molecule has 1 aliphatic carbocycles. The SMILES string of the molecule is CC1=C(S(=O)(=O)c2ccccc2)CCCC1O. The van der Waals surface area contributed by atoms with Crippen molar-refractivity contribution < 1.29 is 13.5 Å². The molecular weight excluding hydrogens is 236 g/mol. The Bertz CT molecular complexity index is 529. The second-order valence-electron chi connectivity index (χ2n) is 4.33. The monoisotopic (exact) mass is 252 g/mol. The number of allylic oxidation sites excluding steroid dienone is 1. The maximum Gasteiger partial charge on any atom is 0.202 e. The van der Waals surface area contributed by atoms with Crippen molar-refractivity contribution in [3.63, 3.8) is 0 Å². The van der Waals surface area contributed by atoms with Crippen LogP contribution in [-0.2, 0) is 9.84 Å². The molecule has 17 heavy (non-hydrogen) atoms. The van der Waals surface area contributed by atoms with Crippen molar-refractivity contribution in [3.8, 4) is 0 Å². The molecule has 1 N–H and O–H groups in total. The van der Waals surface area contributed by atoms with Crippen LogP contribution in [0.4, 0.5) is 0 Å². The number of aliphatic hydroxyl groups is 1. The lowest BCUT2D eigenvalue weighted by atomic mass is 9.98. The van der Waals surface area contributed by atoms with Crippen molar-refractivity contribution in [1.82, 2.24) is 0 Å². The van der Waals surface area contributed by atoms with Gasteiger partial charge in [0.05, 0.1) is 15.9 Å². The number of hydrogen-bond acceptors (Lipinski definition) is 3. The molecule has 4 heteroatoms. The zero-order valence-electron chi connectivity index (χ0n) is 9.76. The summed E-state index contributed by atoms with van der Waals surface area (Å²) in [5.41, 5.74) is 0.597. The van der Waals surface area contributed by atoms with Gasteiger partial charge in [-0.25, -0.2) is 8.42 Å². The van der Waals surface area contributed by atoms with Crippen LogP contribution in [0, 0.1) is 0 Å². The lowest BCUT2D eigenvalue weighted by Crippen LogP contribution is -2.19. The van der Waals surface area contributed by atoms with E-state index in [1.54, 1.807) is 37.3 Å². The van der Waals surface area contributed by atoms with E-state index in [0.717, 1.165) is 6.42 Å². The molecular formula is C13H16O3S. The first-order valence-electron chi connectivity index (χ1n) is 5.71. The standard InChI is InChI=1S/C13H16O3S/c1-10-12(14)8-5-9-13(10)17(15,16)11-6-3-2-4-7-11/h2-4,6-7,12,14H,5,8-9H2,1H3. The summed E-state index contributed by atoms with van der Waals surface area (Å²) in [4.78, 5) is 0.700. The molecule has 3 nitrogen and oxygen atoms in total. The summed E-state index contributed by atoms with van der Waals surface area (Å²) in [5, 5.41) is 9.74. The topological polar surface area (TPSA) is 54.4 Å². The summed E-state index contributed by atoms with van der Waals surface area (Å²) in [6.07, 6.45) is 1.29. The van der Waals surface area contributed by atoms with Crippen molar-refractivity contribution >= 4 is 9.84 Å². The van der Waals surface area contributed by atoms with Crippen molar-refractivity contribution in [3.05, 3.63) is 40.8 Å². The van der Waals surface area contributed by atoms with E-state index in [2.05, 4.69) is 0 Å². The van der Waals surface area contributed by atoms with E-state index in [-0.39, 0.29) is 0 Å². The van der Waals surface area contributed by atoms with Crippen molar-refractivity contribution in [2.45, 2.75) is 37.2 Å². The fraction of sp³-hybridized carbons (Fsp3) is 0.385. The molecule has 92 valence electrons. The quantitative estimate of drug-likeness (QED) is 0.878. The predicted molar refractivity (Wildman–Crippen MR) is 66.2 cm³/mol. The maximum absolute atomic E-state index is 12.4. The lowest BCUT2D eigenvalue weighted by Gasteiger charge is -2.22. The van der Waals surface area contributed by atoms with Gasteiger partial charge in [0.15, 0.2) is 0 Å². The summed E-state index contributed by atoms with van der Waals surface area (Å²) < 4.78 is 24.7. The Morgan fingerprint density at radius 3 is 2.53 bits per heavy atom. The number of rotatable bonds is 2. The third-order valence-electron chi connectivity index (χ3n) is 3.20. The summed E-state index contributed by atoms with van der Waals surface area (Å²) >= 11 is 0. The van der Waals surface area contributed by atoms with Crippen LogP contribution in [0.1, 0.15) is 26.2 Å². The average molecular weight is 252 g/mol. The van der Waals surface area contributed by atoms with Crippen LogP contribution in [0.5, 0.6) is 0 Å². The van der Waals surface area contributed by atoms with Crippen LogP contribution < -0.4 is 0 Å². The van der Waals surface area contributed by atoms with Gasteiger partial charge in [-0.3, -0.25) is 0 Å². The van der Waals surface area contributed by atoms with E-state index in [1.165, 1.54) is 0 Å². The van der Waals surface area contributed by atoms with Crippen molar-refractivity contribution in [2.24, 2.45) is 0 Å². The van der Waals surface area contributed by atoms with E-state index < -0.39 is 15.9 Å². The highest BCUT2D eigenvalue weighted by molar-refractivity contribution is 7.95. The Kier molecular flexibility index (Phi) is 3.35. The minimum atomic E-state index is -3.42. The number of benzene rings is 1. The summed E-state index contributed by atoms with van der Waals surface area (Å²) in [5.74, 6) is 0. The molecule has 0 saturated carbocycles. The molecule has 0 radical (unpaired) electrons.